The minimum Gasteiger partial charge on any atom is -0.456 e. The summed E-state index contributed by atoms with van der Waals surface area (Å²) in [4.78, 5) is 43.2. The second kappa shape index (κ2) is 9.04. The summed E-state index contributed by atoms with van der Waals surface area (Å²) in [6.45, 7) is -0.488. The van der Waals surface area contributed by atoms with E-state index in [1.165, 1.54) is 0 Å². The van der Waals surface area contributed by atoms with Crippen molar-refractivity contribution in [3.63, 3.8) is 0 Å². The fraction of sp³-hybridized carbons (Fsp3) is 0.0833. The SMILES string of the molecule is O=C(CNC(=O)c1ccc(-c2ccccc2)cc1)OCc1nc2ccccc2c(=O)[nH]1. The van der Waals surface area contributed by atoms with Gasteiger partial charge in [0.1, 0.15) is 19.0 Å². The number of para-hydroxylation sites is 1. The number of carbonyl (C=O) groups excluding carboxylic acids is 2. The molecule has 0 aliphatic heterocycles. The molecular formula is C24H19N3O4. The van der Waals surface area contributed by atoms with E-state index in [0.29, 0.717) is 16.5 Å². The number of fused-ring (bicyclic) bond motifs is 1. The number of carbonyl (C=O) groups is 2. The summed E-state index contributed by atoms with van der Waals surface area (Å²) in [6.07, 6.45) is 0. The number of aromatic amines is 1. The zero-order valence-electron chi connectivity index (χ0n) is 16.5. The van der Waals surface area contributed by atoms with Crippen LogP contribution in [0.15, 0.2) is 83.7 Å². The molecule has 3 aromatic carbocycles. The maximum absolute atomic E-state index is 12.3. The fourth-order valence-corrected chi connectivity index (χ4v) is 3.10. The molecule has 7 heteroatoms. The average molecular weight is 413 g/mol. The van der Waals surface area contributed by atoms with Gasteiger partial charge >= 0.3 is 5.97 Å². The molecule has 4 rings (SSSR count). The maximum Gasteiger partial charge on any atom is 0.325 e. The van der Waals surface area contributed by atoms with Gasteiger partial charge in [0.15, 0.2) is 0 Å². The molecule has 1 amide bonds. The summed E-state index contributed by atoms with van der Waals surface area (Å²) >= 11 is 0. The molecule has 31 heavy (non-hydrogen) atoms. The fourth-order valence-electron chi connectivity index (χ4n) is 3.10. The molecule has 4 aromatic rings. The van der Waals surface area contributed by atoms with Crippen LogP contribution in [0.25, 0.3) is 22.0 Å². The number of ether oxygens (including phenoxy) is 1. The highest BCUT2D eigenvalue weighted by Crippen LogP contribution is 2.19. The molecule has 7 nitrogen and oxygen atoms in total. The molecule has 1 heterocycles. The van der Waals surface area contributed by atoms with Gasteiger partial charge in [-0.3, -0.25) is 14.4 Å². The minimum atomic E-state index is -0.634. The van der Waals surface area contributed by atoms with Gasteiger partial charge in [0, 0.05) is 5.56 Å². The number of benzene rings is 3. The minimum absolute atomic E-state index is 0.194. The zero-order chi connectivity index (χ0) is 21.6. The number of hydrogen-bond acceptors (Lipinski definition) is 5. The Labute approximate surface area is 177 Å². The van der Waals surface area contributed by atoms with Crippen molar-refractivity contribution in [1.29, 1.82) is 0 Å². The Morgan fingerprint density at radius 2 is 1.55 bits per heavy atom. The van der Waals surface area contributed by atoms with E-state index < -0.39 is 5.97 Å². The topological polar surface area (TPSA) is 101 Å². The van der Waals surface area contributed by atoms with Crippen molar-refractivity contribution in [2.45, 2.75) is 6.61 Å². The lowest BCUT2D eigenvalue weighted by molar-refractivity contribution is -0.143. The van der Waals surface area contributed by atoms with E-state index >= 15 is 0 Å². The van der Waals surface area contributed by atoms with Crippen LogP contribution in [0, 0.1) is 0 Å². The zero-order valence-corrected chi connectivity index (χ0v) is 16.5. The van der Waals surface area contributed by atoms with E-state index in [4.69, 9.17) is 4.74 Å². The molecule has 154 valence electrons. The molecule has 1 aromatic heterocycles. The first kappa shape index (κ1) is 20.0. The van der Waals surface area contributed by atoms with Gasteiger partial charge in [-0.15, -0.1) is 0 Å². The van der Waals surface area contributed by atoms with E-state index in [1.54, 1.807) is 36.4 Å². The van der Waals surface area contributed by atoms with Crippen molar-refractivity contribution < 1.29 is 14.3 Å². The molecule has 0 saturated heterocycles. The van der Waals surface area contributed by atoms with E-state index in [1.807, 2.05) is 42.5 Å². The van der Waals surface area contributed by atoms with E-state index in [9.17, 15) is 14.4 Å². The largest absolute Gasteiger partial charge is 0.456 e. The Kier molecular flexibility index (Phi) is 5.84. The summed E-state index contributed by atoms with van der Waals surface area (Å²) in [5.74, 6) is -0.779. The first-order valence-electron chi connectivity index (χ1n) is 9.67. The molecule has 0 saturated carbocycles. The van der Waals surface area contributed by atoms with Crippen molar-refractivity contribution in [1.82, 2.24) is 15.3 Å². The molecule has 0 radical (unpaired) electrons. The number of H-pyrrole nitrogens is 1. The number of amides is 1. The average Bonchev–Trinajstić information content (AvgIpc) is 2.82. The normalized spacial score (nSPS) is 10.6. The number of nitrogens with zero attached hydrogens (tertiary/aromatic N) is 1. The molecule has 0 atom stereocenters. The Morgan fingerprint density at radius 3 is 2.32 bits per heavy atom. The molecular weight excluding hydrogens is 394 g/mol. The van der Waals surface area contributed by atoms with Crippen molar-refractivity contribution in [2.24, 2.45) is 0 Å². The molecule has 0 unspecified atom stereocenters. The van der Waals surface area contributed by atoms with Gasteiger partial charge in [-0.1, -0.05) is 54.6 Å². The highest BCUT2D eigenvalue weighted by atomic mass is 16.5. The van der Waals surface area contributed by atoms with Gasteiger partial charge in [-0.25, -0.2) is 4.98 Å². The Morgan fingerprint density at radius 1 is 0.871 bits per heavy atom. The summed E-state index contributed by atoms with van der Waals surface area (Å²) in [7, 11) is 0. The van der Waals surface area contributed by atoms with E-state index in [0.717, 1.165) is 11.1 Å². The van der Waals surface area contributed by atoms with Crippen LogP contribution in [0.4, 0.5) is 0 Å². The number of rotatable bonds is 6. The Balaban J connectivity index is 1.30. The second-order valence-corrected chi connectivity index (χ2v) is 6.82. The predicted molar refractivity (Wildman–Crippen MR) is 116 cm³/mol. The molecule has 2 N–H and O–H groups in total. The van der Waals surface area contributed by atoms with Crippen molar-refractivity contribution in [3.8, 4) is 11.1 Å². The van der Waals surface area contributed by atoms with Crippen molar-refractivity contribution in [2.75, 3.05) is 6.54 Å². The predicted octanol–water partition coefficient (Wildman–Crippen LogP) is 3.06. The van der Waals surface area contributed by atoms with Crippen molar-refractivity contribution in [3.05, 3.63) is 101 Å². The summed E-state index contributed by atoms with van der Waals surface area (Å²) < 4.78 is 5.11. The van der Waals surface area contributed by atoms with Crippen molar-refractivity contribution >= 4 is 22.8 Å². The highest BCUT2D eigenvalue weighted by molar-refractivity contribution is 5.96. The summed E-state index contributed by atoms with van der Waals surface area (Å²) in [5.41, 5.74) is 2.70. The summed E-state index contributed by atoms with van der Waals surface area (Å²) in [5, 5.41) is 2.99. The van der Waals surface area contributed by atoms with Crippen LogP contribution in [0.2, 0.25) is 0 Å². The first-order valence-corrected chi connectivity index (χ1v) is 9.67. The quantitative estimate of drug-likeness (QED) is 0.473. The number of hydrogen-bond donors (Lipinski definition) is 2. The van der Waals surface area contributed by atoms with Gasteiger partial charge in [-0.2, -0.15) is 0 Å². The number of esters is 1. The van der Waals surface area contributed by atoms with Crippen LogP contribution in [-0.2, 0) is 16.1 Å². The van der Waals surface area contributed by atoms with Gasteiger partial charge in [0.2, 0.25) is 0 Å². The second-order valence-electron chi connectivity index (χ2n) is 6.82. The third-order valence-electron chi connectivity index (χ3n) is 4.68. The van der Waals surface area contributed by atoms with Gasteiger partial charge < -0.3 is 15.0 Å². The maximum atomic E-state index is 12.3. The Bertz CT molecular complexity index is 1280. The molecule has 0 fully saturated rings. The van der Waals surface area contributed by atoms with Gasteiger partial charge in [0.25, 0.3) is 11.5 Å². The molecule has 0 aliphatic rings. The van der Waals surface area contributed by atoms with Crippen LogP contribution in [0.1, 0.15) is 16.2 Å². The van der Waals surface area contributed by atoms with E-state index in [-0.39, 0.29) is 30.4 Å². The van der Waals surface area contributed by atoms with Gasteiger partial charge in [-0.05, 0) is 35.4 Å². The first-order chi connectivity index (χ1) is 15.1. The van der Waals surface area contributed by atoms with Crippen LogP contribution in [0.3, 0.4) is 0 Å². The third kappa shape index (κ3) is 4.84. The van der Waals surface area contributed by atoms with Gasteiger partial charge in [0.05, 0.1) is 10.9 Å². The standard InChI is InChI=1S/C24H19N3O4/c28-22(31-15-21-26-20-9-5-4-8-19(20)24(30)27-21)14-25-23(29)18-12-10-17(11-13-18)16-6-2-1-3-7-16/h1-13H,14-15H2,(H,25,29)(H,26,27,30). The van der Waals surface area contributed by atoms with Crippen LogP contribution in [0.5, 0.6) is 0 Å². The third-order valence-corrected chi connectivity index (χ3v) is 4.68. The lowest BCUT2D eigenvalue weighted by Gasteiger charge is -2.08. The molecule has 0 spiro atoms. The van der Waals surface area contributed by atoms with Crippen LogP contribution >= 0.6 is 0 Å². The number of nitrogens with one attached hydrogen (secondary N) is 2. The smallest absolute Gasteiger partial charge is 0.325 e. The molecule has 0 aliphatic carbocycles. The Hall–Kier alpha value is -4.26. The lowest BCUT2D eigenvalue weighted by Crippen LogP contribution is -2.30. The van der Waals surface area contributed by atoms with Crippen LogP contribution in [-0.4, -0.2) is 28.4 Å². The summed E-state index contributed by atoms with van der Waals surface area (Å²) in [6, 6.07) is 23.8. The molecule has 0 bridgehead atoms. The van der Waals surface area contributed by atoms with E-state index in [2.05, 4.69) is 15.3 Å². The monoisotopic (exact) mass is 413 g/mol. The lowest BCUT2D eigenvalue weighted by atomic mass is 10.0. The highest BCUT2D eigenvalue weighted by Gasteiger charge is 2.11. The number of aromatic nitrogens is 2. The van der Waals surface area contributed by atoms with Crippen LogP contribution < -0.4 is 10.9 Å².